The maximum atomic E-state index is 15.7. The third kappa shape index (κ3) is 8.45. The van der Waals surface area contributed by atoms with Crippen molar-refractivity contribution in [2.75, 3.05) is 18.5 Å². The van der Waals surface area contributed by atoms with Crippen molar-refractivity contribution in [1.29, 1.82) is 0 Å². The molecule has 13 heteroatoms. The molecule has 4 aromatic carbocycles. The molecule has 1 saturated carbocycles. The highest BCUT2D eigenvalue weighted by atomic mass is 32.2. The molecule has 1 aliphatic carbocycles. The Bertz CT molecular complexity index is 1770. The first kappa shape index (κ1) is 35.9. The van der Waals surface area contributed by atoms with E-state index in [1.54, 1.807) is 42.5 Å². The van der Waals surface area contributed by atoms with Crippen LogP contribution in [-0.4, -0.2) is 29.8 Å². The molecule has 1 aliphatic rings. The van der Waals surface area contributed by atoms with Crippen LogP contribution >= 0.6 is 11.9 Å². The number of halogens is 7. The van der Waals surface area contributed by atoms with E-state index in [9.17, 15) is 31.5 Å². The lowest BCUT2D eigenvalue weighted by Gasteiger charge is -2.27. The van der Waals surface area contributed by atoms with Crippen molar-refractivity contribution in [3.05, 3.63) is 130 Å². The number of hydrogen-bond donors (Lipinski definition) is 0. The highest BCUT2D eigenvalue weighted by Crippen LogP contribution is 2.35. The van der Waals surface area contributed by atoms with Crippen LogP contribution in [0.1, 0.15) is 65.1 Å². The minimum Gasteiger partial charge on any atom is -0.457 e. The lowest BCUT2D eigenvalue weighted by molar-refractivity contribution is -0.118. The van der Waals surface area contributed by atoms with Gasteiger partial charge in [0, 0.05) is 0 Å². The molecule has 0 aliphatic heterocycles. The summed E-state index contributed by atoms with van der Waals surface area (Å²) < 4.78 is 107. The minimum atomic E-state index is -2.34. The van der Waals surface area contributed by atoms with E-state index in [2.05, 4.69) is 0 Å². The van der Waals surface area contributed by atoms with Crippen LogP contribution in [0, 0.1) is 40.7 Å². The summed E-state index contributed by atoms with van der Waals surface area (Å²) in [7, 11) is 1.14. The van der Waals surface area contributed by atoms with E-state index in [0.29, 0.717) is 17.0 Å². The zero-order valence-electron chi connectivity index (χ0n) is 26.3. The Hall–Kier alpha value is -4.36. The molecule has 0 aromatic heterocycles. The highest BCUT2D eigenvalue weighted by molar-refractivity contribution is 7.97. The van der Waals surface area contributed by atoms with E-state index in [0.717, 1.165) is 59.6 Å². The number of amides is 1. The van der Waals surface area contributed by atoms with Crippen molar-refractivity contribution in [1.82, 2.24) is 4.31 Å². The summed E-state index contributed by atoms with van der Waals surface area (Å²) in [6.07, 6.45) is 5.46. The van der Waals surface area contributed by atoms with Gasteiger partial charge >= 0.3 is 5.97 Å². The molecule has 258 valence electrons. The number of nitrogens with zero attached hydrogens (tertiary/aromatic N) is 2. The van der Waals surface area contributed by atoms with Gasteiger partial charge in [0.25, 0.3) is 0 Å². The second-order valence-electron chi connectivity index (χ2n) is 11.7. The lowest BCUT2D eigenvalue weighted by atomic mass is 9.84. The maximum Gasteiger partial charge on any atom is 0.338 e. The van der Waals surface area contributed by atoms with Crippen LogP contribution in [0.15, 0.2) is 71.6 Å². The Kier molecular flexibility index (Phi) is 11.7. The van der Waals surface area contributed by atoms with Crippen molar-refractivity contribution in [3.63, 3.8) is 0 Å². The van der Waals surface area contributed by atoms with E-state index in [-0.39, 0.29) is 25.1 Å². The predicted molar refractivity (Wildman–Crippen MR) is 170 cm³/mol. The molecule has 1 amide bonds. The second-order valence-corrected chi connectivity index (χ2v) is 12.9. The largest absolute Gasteiger partial charge is 0.457 e. The van der Waals surface area contributed by atoms with Gasteiger partial charge < -0.3 is 9.64 Å². The molecule has 0 heterocycles. The summed E-state index contributed by atoms with van der Waals surface area (Å²) in [4.78, 5) is 25.8. The van der Waals surface area contributed by atoms with E-state index >= 15 is 8.78 Å². The van der Waals surface area contributed by atoms with Crippen LogP contribution in [0.3, 0.4) is 0 Å². The maximum absolute atomic E-state index is 15.7. The number of rotatable bonds is 11. The van der Waals surface area contributed by atoms with Gasteiger partial charge in [-0.2, -0.15) is 0 Å². The van der Waals surface area contributed by atoms with E-state index in [4.69, 9.17) is 4.74 Å². The Balaban J connectivity index is 1.41. The molecule has 4 aromatic rings. The molecule has 0 radical (unpaired) electrons. The van der Waals surface area contributed by atoms with E-state index in [1.807, 2.05) is 12.1 Å². The first-order valence-corrected chi connectivity index (χ1v) is 16.2. The van der Waals surface area contributed by atoms with Gasteiger partial charge in [-0.05, 0) is 66.6 Å². The fourth-order valence-corrected chi connectivity index (χ4v) is 6.51. The van der Waals surface area contributed by atoms with E-state index in [1.165, 1.54) is 6.42 Å². The average molecular weight is 705 g/mol. The molecule has 0 saturated heterocycles. The quantitative estimate of drug-likeness (QED) is 0.0513. The Labute approximate surface area is 282 Å². The summed E-state index contributed by atoms with van der Waals surface area (Å²) >= 11 is 0.0577. The van der Waals surface area contributed by atoms with Crippen LogP contribution in [0.5, 0.6) is 0 Å². The molecular formula is C36H31F7N2O3S. The van der Waals surface area contributed by atoms with Crippen molar-refractivity contribution in [2.45, 2.75) is 56.1 Å². The molecule has 5 rings (SSSR count). The molecule has 49 heavy (non-hydrogen) atoms. The molecule has 0 spiro atoms. The van der Waals surface area contributed by atoms with Crippen molar-refractivity contribution >= 4 is 29.5 Å². The fraction of sp³-hybridized carbons (Fsp3) is 0.278. The number of hydrogen-bond acceptors (Lipinski definition) is 5. The van der Waals surface area contributed by atoms with Gasteiger partial charge in [0.05, 0.1) is 18.7 Å². The number of anilines is 1. The molecule has 5 nitrogen and oxygen atoms in total. The second kappa shape index (κ2) is 15.9. The van der Waals surface area contributed by atoms with Gasteiger partial charge in [0.2, 0.25) is 11.7 Å². The number of carbonyl (C=O) groups is 2. The van der Waals surface area contributed by atoms with Gasteiger partial charge in [-0.25, -0.2) is 39.8 Å². The van der Waals surface area contributed by atoms with E-state index < -0.39 is 75.3 Å². The molecular weight excluding hydrogens is 673 g/mol. The van der Waals surface area contributed by atoms with Crippen molar-refractivity contribution in [3.8, 4) is 0 Å². The minimum absolute atomic E-state index is 0.0577. The lowest BCUT2D eigenvalue weighted by Crippen LogP contribution is -2.38. The van der Waals surface area contributed by atoms with Gasteiger partial charge in [0.15, 0.2) is 34.9 Å². The average Bonchev–Trinajstić information content (AvgIpc) is 3.11. The van der Waals surface area contributed by atoms with Crippen LogP contribution in [0.25, 0.3) is 0 Å². The predicted octanol–water partition coefficient (Wildman–Crippen LogP) is 9.24. The topological polar surface area (TPSA) is 49.9 Å². The summed E-state index contributed by atoms with van der Waals surface area (Å²) in [6, 6.07) is 17.3. The molecule has 0 unspecified atom stereocenters. The number of carbonyl (C=O) groups excluding carboxylic acids is 2. The zero-order valence-corrected chi connectivity index (χ0v) is 27.1. The number of benzene rings is 4. The van der Waals surface area contributed by atoms with Crippen molar-refractivity contribution < 1.29 is 45.1 Å². The number of ether oxygens (including phenoxy) is 1. The summed E-state index contributed by atoms with van der Waals surface area (Å²) in [5.41, 5.74) is 0.977. The first-order valence-electron chi connectivity index (χ1n) is 15.4. The van der Waals surface area contributed by atoms with Crippen LogP contribution < -0.4 is 4.90 Å². The van der Waals surface area contributed by atoms with Crippen LogP contribution in [0.2, 0.25) is 0 Å². The van der Waals surface area contributed by atoms with Gasteiger partial charge in [-0.15, -0.1) is 0 Å². The van der Waals surface area contributed by atoms with Crippen molar-refractivity contribution in [2.24, 2.45) is 0 Å². The normalized spacial score (nSPS) is 13.5. The summed E-state index contributed by atoms with van der Waals surface area (Å²) in [5.74, 6) is -15.0. The van der Waals surface area contributed by atoms with Crippen LogP contribution in [0.4, 0.5) is 36.4 Å². The molecule has 0 bridgehead atoms. The molecule has 0 N–H and O–H groups in total. The van der Waals surface area contributed by atoms with Crippen LogP contribution in [-0.2, 0) is 22.7 Å². The Morgan fingerprint density at radius 2 is 1.33 bits per heavy atom. The smallest absolute Gasteiger partial charge is 0.338 e. The monoisotopic (exact) mass is 704 g/mol. The highest BCUT2D eigenvalue weighted by Gasteiger charge is 2.30. The Morgan fingerprint density at radius 3 is 1.92 bits per heavy atom. The van der Waals surface area contributed by atoms with Gasteiger partial charge in [-0.1, -0.05) is 73.9 Å². The standard InChI is InChI=1S/C36H31F7N2O3S/c1-44(49-35-32(42)30(40)29(39)31(41)33(35)43)19-28(46)45(18-21-12-14-24(15-13-21)23-10-6-3-7-11-23)34-26(37)16-25(17-27(34)38)36(47)48-20-22-8-4-2-5-9-22/h2,4-5,8-9,12-17,23H,3,6-7,10-11,18-20H2,1H3. The first-order chi connectivity index (χ1) is 23.4. The summed E-state index contributed by atoms with van der Waals surface area (Å²) in [5, 5.41) is 0. The fourth-order valence-electron chi connectivity index (χ4n) is 5.68. The molecule has 0 atom stereocenters. The summed E-state index contributed by atoms with van der Waals surface area (Å²) in [6.45, 7) is -1.28. The number of esters is 1. The SMILES string of the molecule is CN(CC(=O)N(Cc1ccc(C2CCCCC2)cc1)c1c(F)cc(C(=O)OCc2ccccc2)cc1F)Sc1c(F)c(F)c(F)c(F)c1F. The zero-order chi connectivity index (χ0) is 35.2. The third-order valence-electron chi connectivity index (χ3n) is 8.21. The van der Waals surface area contributed by atoms with Gasteiger partial charge in [0.1, 0.15) is 17.2 Å². The number of likely N-dealkylation sites (N-methyl/N-ethyl adjacent to an activating group) is 1. The third-order valence-corrected chi connectivity index (χ3v) is 9.19. The Morgan fingerprint density at radius 1 is 0.755 bits per heavy atom. The van der Waals surface area contributed by atoms with Gasteiger partial charge in [-0.3, -0.25) is 4.79 Å². The molecule has 1 fully saturated rings.